The average molecular weight is 216 g/mol. The molecule has 0 spiro atoms. The minimum Gasteiger partial charge on any atom is -0.396 e. The Morgan fingerprint density at radius 3 is 2.43 bits per heavy atom. The lowest BCUT2D eigenvalue weighted by molar-refractivity contribution is -0.224. The van der Waals surface area contributed by atoms with Gasteiger partial charge in [0.2, 0.25) is 0 Å². The second-order valence-corrected chi connectivity index (χ2v) is 3.43. The number of aliphatic hydroxyl groups excluding tert-OH is 1. The summed E-state index contributed by atoms with van der Waals surface area (Å²) < 4.78 is 54.8. The predicted octanol–water partition coefficient (Wildman–Crippen LogP) is 1.82. The summed E-state index contributed by atoms with van der Waals surface area (Å²) in [7, 11) is 0. The van der Waals surface area contributed by atoms with E-state index in [-0.39, 0.29) is 12.8 Å². The van der Waals surface area contributed by atoms with Gasteiger partial charge >= 0.3 is 0 Å². The highest BCUT2D eigenvalue weighted by atomic mass is 19.3. The molecule has 0 aliphatic heterocycles. The van der Waals surface area contributed by atoms with E-state index in [4.69, 9.17) is 5.11 Å². The average Bonchev–Trinajstić information content (AvgIpc) is 2.02. The molecule has 1 aliphatic carbocycles. The van der Waals surface area contributed by atoms with Gasteiger partial charge in [0.25, 0.3) is 11.8 Å². The maximum atomic E-state index is 12.7. The summed E-state index contributed by atoms with van der Waals surface area (Å²) >= 11 is 0. The fourth-order valence-electron chi connectivity index (χ4n) is 1.14. The van der Waals surface area contributed by atoms with Crippen LogP contribution in [0.25, 0.3) is 0 Å². The summed E-state index contributed by atoms with van der Waals surface area (Å²) in [6.07, 6.45) is -2.33. The Balaban J connectivity index is 2.26. The SMILES string of the molecule is OCCC(F)(F)COC1CCC1(F)F. The molecule has 2 nitrogen and oxygen atoms in total. The molecule has 1 fully saturated rings. The maximum Gasteiger partial charge on any atom is 0.273 e. The standard InChI is InChI=1S/C8H12F4O2/c9-7(10,3-4-13)5-14-6-1-2-8(6,11)12/h6,13H,1-5H2. The monoisotopic (exact) mass is 216 g/mol. The van der Waals surface area contributed by atoms with Crippen molar-refractivity contribution in [1.82, 2.24) is 0 Å². The molecule has 0 aromatic rings. The van der Waals surface area contributed by atoms with Crippen LogP contribution in [0.3, 0.4) is 0 Å². The zero-order chi connectivity index (χ0) is 10.8. The molecule has 1 aliphatic rings. The molecule has 84 valence electrons. The summed E-state index contributed by atoms with van der Waals surface area (Å²) in [6.45, 7) is -1.73. The first-order valence-electron chi connectivity index (χ1n) is 4.35. The van der Waals surface area contributed by atoms with Gasteiger partial charge < -0.3 is 9.84 Å². The van der Waals surface area contributed by atoms with E-state index in [9.17, 15) is 17.6 Å². The van der Waals surface area contributed by atoms with Gasteiger partial charge in [-0.15, -0.1) is 0 Å². The Hall–Kier alpha value is -0.360. The summed E-state index contributed by atoms with van der Waals surface area (Å²) in [5, 5.41) is 8.26. The first-order chi connectivity index (χ1) is 6.37. The number of alkyl halides is 4. The van der Waals surface area contributed by atoms with Crippen molar-refractivity contribution in [2.24, 2.45) is 0 Å². The zero-order valence-electron chi connectivity index (χ0n) is 7.48. The smallest absolute Gasteiger partial charge is 0.273 e. The number of ether oxygens (including phenoxy) is 1. The molecule has 0 aromatic carbocycles. The summed E-state index contributed by atoms with van der Waals surface area (Å²) in [6, 6.07) is 0. The molecule has 0 saturated heterocycles. The van der Waals surface area contributed by atoms with Crippen LogP contribution in [0.2, 0.25) is 0 Å². The molecule has 14 heavy (non-hydrogen) atoms. The normalized spacial score (nSPS) is 25.9. The van der Waals surface area contributed by atoms with Crippen molar-refractivity contribution in [3.8, 4) is 0 Å². The molecule has 1 N–H and O–H groups in total. The van der Waals surface area contributed by atoms with Crippen molar-refractivity contribution in [1.29, 1.82) is 0 Å². The lowest BCUT2D eigenvalue weighted by Gasteiger charge is -2.36. The highest BCUT2D eigenvalue weighted by Crippen LogP contribution is 2.40. The van der Waals surface area contributed by atoms with E-state index in [0.717, 1.165) is 0 Å². The molecule has 0 aromatic heterocycles. The van der Waals surface area contributed by atoms with Crippen LogP contribution in [0.4, 0.5) is 17.6 Å². The fourth-order valence-corrected chi connectivity index (χ4v) is 1.14. The van der Waals surface area contributed by atoms with Gasteiger partial charge in [0, 0.05) is 19.4 Å². The van der Waals surface area contributed by atoms with E-state index in [2.05, 4.69) is 4.74 Å². The zero-order valence-corrected chi connectivity index (χ0v) is 7.48. The van der Waals surface area contributed by atoms with Crippen LogP contribution in [-0.4, -0.2) is 36.3 Å². The van der Waals surface area contributed by atoms with Crippen molar-refractivity contribution in [2.45, 2.75) is 37.2 Å². The van der Waals surface area contributed by atoms with Gasteiger partial charge in [-0.3, -0.25) is 0 Å². The third-order valence-corrected chi connectivity index (χ3v) is 2.18. The van der Waals surface area contributed by atoms with Gasteiger partial charge in [-0.2, -0.15) is 0 Å². The van der Waals surface area contributed by atoms with Crippen molar-refractivity contribution in [3.63, 3.8) is 0 Å². The number of hydrogen-bond acceptors (Lipinski definition) is 2. The number of rotatable bonds is 5. The topological polar surface area (TPSA) is 29.5 Å². The third kappa shape index (κ3) is 2.81. The quantitative estimate of drug-likeness (QED) is 0.710. The van der Waals surface area contributed by atoms with Crippen molar-refractivity contribution in [3.05, 3.63) is 0 Å². The van der Waals surface area contributed by atoms with Gasteiger partial charge in [-0.1, -0.05) is 0 Å². The first-order valence-corrected chi connectivity index (χ1v) is 4.35. The lowest BCUT2D eigenvalue weighted by atomic mass is 9.91. The Morgan fingerprint density at radius 1 is 1.43 bits per heavy atom. The van der Waals surface area contributed by atoms with E-state index < -0.39 is 37.6 Å². The molecule has 6 heteroatoms. The number of halogens is 4. The number of hydrogen-bond donors (Lipinski definition) is 1. The van der Waals surface area contributed by atoms with Crippen LogP contribution in [0.5, 0.6) is 0 Å². The van der Waals surface area contributed by atoms with Crippen molar-refractivity contribution >= 4 is 0 Å². The van der Waals surface area contributed by atoms with Gasteiger partial charge in [0.1, 0.15) is 12.7 Å². The van der Waals surface area contributed by atoms with E-state index in [0.29, 0.717) is 0 Å². The Morgan fingerprint density at radius 2 is 2.07 bits per heavy atom. The molecule has 1 saturated carbocycles. The van der Waals surface area contributed by atoms with Crippen LogP contribution >= 0.6 is 0 Å². The molecular weight excluding hydrogens is 204 g/mol. The summed E-state index contributed by atoms with van der Waals surface area (Å²) in [5.41, 5.74) is 0. The summed E-state index contributed by atoms with van der Waals surface area (Å²) in [4.78, 5) is 0. The van der Waals surface area contributed by atoms with E-state index >= 15 is 0 Å². The maximum absolute atomic E-state index is 12.7. The van der Waals surface area contributed by atoms with Crippen LogP contribution in [-0.2, 0) is 4.74 Å². The largest absolute Gasteiger partial charge is 0.396 e. The Bertz CT molecular complexity index is 196. The molecule has 0 bridgehead atoms. The van der Waals surface area contributed by atoms with Gasteiger partial charge in [0.05, 0.1) is 0 Å². The first kappa shape index (κ1) is 11.7. The van der Waals surface area contributed by atoms with Gasteiger partial charge in [-0.25, -0.2) is 17.6 Å². The van der Waals surface area contributed by atoms with Gasteiger partial charge in [0.15, 0.2) is 0 Å². The Kier molecular flexibility index (Phi) is 3.36. The van der Waals surface area contributed by atoms with E-state index in [1.54, 1.807) is 0 Å². The second kappa shape index (κ2) is 4.02. The number of aliphatic hydroxyl groups is 1. The van der Waals surface area contributed by atoms with Crippen molar-refractivity contribution in [2.75, 3.05) is 13.2 Å². The third-order valence-electron chi connectivity index (χ3n) is 2.18. The molecule has 0 heterocycles. The van der Waals surface area contributed by atoms with Gasteiger partial charge in [-0.05, 0) is 6.42 Å². The lowest BCUT2D eigenvalue weighted by Crippen LogP contribution is -2.47. The van der Waals surface area contributed by atoms with Crippen LogP contribution < -0.4 is 0 Å². The molecule has 1 atom stereocenters. The minimum absolute atomic E-state index is 0.113. The highest BCUT2D eigenvalue weighted by Gasteiger charge is 2.50. The molecule has 0 radical (unpaired) electrons. The van der Waals surface area contributed by atoms with Crippen molar-refractivity contribution < 1.29 is 27.4 Å². The van der Waals surface area contributed by atoms with E-state index in [1.807, 2.05) is 0 Å². The second-order valence-electron chi connectivity index (χ2n) is 3.43. The summed E-state index contributed by atoms with van der Waals surface area (Å²) in [5.74, 6) is -6.18. The molecule has 0 amide bonds. The molecular formula is C8H12F4O2. The predicted molar refractivity (Wildman–Crippen MR) is 40.6 cm³/mol. The fraction of sp³-hybridized carbons (Fsp3) is 1.00. The highest BCUT2D eigenvalue weighted by molar-refractivity contribution is 4.89. The minimum atomic E-state index is -3.22. The van der Waals surface area contributed by atoms with Crippen LogP contribution in [0, 0.1) is 0 Å². The van der Waals surface area contributed by atoms with Crippen LogP contribution in [0.1, 0.15) is 19.3 Å². The molecule has 1 rings (SSSR count). The van der Waals surface area contributed by atoms with E-state index in [1.165, 1.54) is 0 Å². The van der Waals surface area contributed by atoms with Crippen LogP contribution in [0.15, 0.2) is 0 Å². The Labute approximate surface area is 78.9 Å². The molecule has 1 unspecified atom stereocenters.